The number of hydrogen-bond donors (Lipinski definition) is 2. The van der Waals surface area contributed by atoms with E-state index in [1.165, 1.54) is 0 Å². The molecule has 0 bridgehead atoms. The molecule has 6 nitrogen and oxygen atoms in total. The first-order chi connectivity index (χ1) is 10.6. The standard InChI is InChI=1S/C17H26N2O4/c1-6-22-15(20)14(19-16(21)23-17(3,4)5)10-12-8-7-11(2)13(18)9-12/h7-9,14H,6,10,18H2,1-5H3,(H,19,21). The molecule has 23 heavy (non-hydrogen) atoms. The average Bonchev–Trinajstić information content (AvgIpc) is 2.40. The van der Waals surface area contributed by atoms with Crippen molar-refractivity contribution < 1.29 is 19.1 Å². The Bertz CT molecular complexity index is 564. The van der Waals surface area contributed by atoms with E-state index in [4.69, 9.17) is 15.2 Å². The number of rotatable bonds is 5. The largest absolute Gasteiger partial charge is 0.464 e. The molecular weight excluding hydrogens is 296 g/mol. The van der Waals surface area contributed by atoms with Crippen LogP contribution < -0.4 is 11.1 Å². The van der Waals surface area contributed by atoms with Crippen molar-refractivity contribution >= 4 is 17.7 Å². The van der Waals surface area contributed by atoms with Gasteiger partial charge in [-0.05, 0) is 51.8 Å². The second-order valence-electron chi connectivity index (χ2n) is 6.35. The van der Waals surface area contributed by atoms with E-state index in [0.717, 1.165) is 11.1 Å². The number of anilines is 1. The summed E-state index contributed by atoms with van der Waals surface area (Å²) in [5.41, 5.74) is 7.68. The number of nitrogens with one attached hydrogen (secondary N) is 1. The lowest BCUT2D eigenvalue weighted by molar-refractivity contribution is -0.145. The van der Waals surface area contributed by atoms with Gasteiger partial charge in [-0.2, -0.15) is 0 Å². The topological polar surface area (TPSA) is 90.6 Å². The Hall–Kier alpha value is -2.24. The lowest BCUT2D eigenvalue weighted by Gasteiger charge is -2.23. The van der Waals surface area contributed by atoms with E-state index in [2.05, 4.69) is 5.32 Å². The zero-order chi connectivity index (χ0) is 17.6. The Labute approximate surface area is 137 Å². The molecule has 1 amide bonds. The summed E-state index contributed by atoms with van der Waals surface area (Å²) in [6, 6.07) is 4.71. The highest BCUT2D eigenvalue weighted by Gasteiger charge is 2.25. The summed E-state index contributed by atoms with van der Waals surface area (Å²) >= 11 is 0. The third-order valence-electron chi connectivity index (χ3n) is 3.05. The predicted molar refractivity (Wildman–Crippen MR) is 89.1 cm³/mol. The fourth-order valence-corrected chi connectivity index (χ4v) is 1.94. The van der Waals surface area contributed by atoms with Gasteiger partial charge in [0.2, 0.25) is 0 Å². The SMILES string of the molecule is CCOC(=O)C(Cc1ccc(C)c(N)c1)NC(=O)OC(C)(C)C. The zero-order valence-corrected chi connectivity index (χ0v) is 14.4. The second kappa shape index (κ2) is 7.85. The molecule has 0 aliphatic carbocycles. The zero-order valence-electron chi connectivity index (χ0n) is 14.4. The van der Waals surface area contributed by atoms with Crippen LogP contribution >= 0.6 is 0 Å². The molecule has 6 heteroatoms. The van der Waals surface area contributed by atoms with Gasteiger partial charge in [-0.25, -0.2) is 9.59 Å². The average molecular weight is 322 g/mol. The maximum atomic E-state index is 12.1. The molecule has 1 unspecified atom stereocenters. The summed E-state index contributed by atoms with van der Waals surface area (Å²) < 4.78 is 10.2. The summed E-state index contributed by atoms with van der Waals surface area (Å²) in [6.45, 7) is 9.13. The summed E-state index contributed by atoms with van der Waals surface area (Å²) in [6.07, 6.45) is -0.377. The number of esters is 1. The molecule has 0 heterocycles. The van der Waals surface area contributed by atoms with Gasteiger partial charge in [0, 0.05) is 12.1 Å². The number of benzene rings is 1. The number of amides is 1. The van der Waals surface area contributed by atoms with E-state index in [-0.39, 0.29) is 13.0 Å². The van der Waals surface area contributed by atoms with Crippen LogP contribution in [0.5, 0.6) is 0 Å². The third-order valence-corrected chi connectivity index (χ3v) is 3.05. The van der Waals surface area contributed by atoms with Crippen LogP contribution in [0.4, 0.5) is 10.5 Å². The van der Waals surface area contributed by atoms with Crippen molar-refractivity contribution in [3.05, 3.63) is 29.3 Å². The second-order valence-corrected chi connectivity index (χ2v) is 6.35. The molecule has 0 fully saturated rings. The summed E-state index contributed by atoms with van der Waals surface area (Å²) in [4.78, 5) is 24.0. The Balaban J connectivity index is 2.85. The van der Waals surface area contributed by atoms with Gasteiger partial charge >= 0.3 is 12.1 Å². The first kappa shape index (κ1) is 18.8. The molecule has 0 saturated heterocycles. The van der Waals surface area contributed by atoms with Crippen molar-refractivity contribution in [3.63, 3.8) is 0 Å². The van der Waals surface area contributed by atoms with E-state index in [1.807, 2.05) is 19.1 Å². The molecule has 1 aromatic carbocycles. The fraction of sp³-hybridized carbons (Fsp3) is 0.529. The number of carbonyl (C=O) groups is 2. The molecule has 0 aromatic heterocycles. The predicted octanol–water partition coefficient (Wildman–Crippen LogP) is 2.58. The van der Waals surface area contributed by atoms with Crippen LogP contribution in [0.25, 0.3) is 0 Å². The monoisotopic (exact) mass is 322 g/mol. The Morgan fingerprint density at radius 2 is 1.96 bits per heavy atom. The molecule has 128 valence electrons. The van der Waals surface area contributed by atoms with Gasteiger partial charge in [0.25, 0.3) is 0 Å². The van der Waals surface area contributed by atoms with E-state index in [1.54, 1.807) is 33.8 Å². The maximum absolute atomic E-state index is 12.1. The molecule has 3 N–H and O–H groups in total. The van der Waals surface area contributed by atoms with Crippen LogP contribution in [0.2, 0.25) is 0 Å². The van der Waals surface area contributed by atoms with Crippen LogP contribution in [-0.4, -0.2) is 30.3 Å². The van der Waals surface area contributed by atoms with E-state index < -0.39 is 23.7 Å². The summed E-state index contributed by atoms with van der Waals surface area (Å²) in [5, 5.41) is 2.56. The normalized spacial score (nSPS) is 12.4. The van der Waals surface area contributed by atoms with Crippen molar-refractivity contribution in [2.75, 3.05) is 12.3 Å². The van der Waals surface area contributed by atoms with Gasteiger partial charge in [0.05, 0.1) is 6.61 Å². The van der Waals surface area contributed by atoms with Gasteiger partial charge in [-0.15, -0.1) is 0 Å². The van der Waals surface area contributed by atoms with Crippen LogP contribution in [0, 0.1) is 6.92 Å². The number of carbonyl (C=O) groups excluding carboxylic acids is 2. The van der Waals surface area contributed by atoms with Gasteiger partial charge in [0.1, 0.15) is 11.6 Å². The van der Waals surface area contributed by atoms with Crippen molar-refractivity contribution in [2.45, 2.75) is 52.7 Å². The molecule has 0 radical (unpaired) electrons. The van der Waals surface area contributed by atoms with Crippen LogP contribution in [-0.2, 0) is 20.7 Å². The fourth-order valence-electron chi connectivity index (χ4n) is 1.94. The number of nitrogen functional groups attached to an aromatic ring is 1. The number of alkyl carbamates (subject to hydrolysis) is 1. The Morgan fingerprint density at radius 1 is 1.30 bits per heavy atom. The minimum absolute atomic E-state index is 0.237. The molecule has 0 saturated carbocycles. The maximum Gasteiger partial charge on any atom is 0.408 e. The molecule has 1 atom stereocenters. The quantitative estimate of drug-likeness (QED) is 0.642. The highest BCUT2D eigenvalue weighted by Crippen LogP contribution is 2.15. The Kier molecular flexibility index (Phi) is 6.42. The van der Waals surface area contributed by atoms with Crippen LogP contribution in [0.1, 0.15) is 38.8 Å². The molecular formula is C17H26N2O4. The third kappa shape index (κ3) is 6.59. The molecule has 0 aliphatic rings. The van der Waals surface area contributed by atoms with Crippen molar-refractivity contribution in [1.82, 2.24) is 5.32 Å². The summed E-state index contributed by atoms with van der Waals surface area (Å²) in [5.74, 6) is -0.502. The highest BCUT2D eigenvalue weighted by atomic mass is 16.6. The number of nitrogens with two attached hydrogens (primary N) is 1. The van der Waals surface area contributed by atoms with E-state index in [9.17, 15) is 9.59 Å². The number of hydrogen-bond acceptors (Lipinski definition) is 5. The highest BCUT2D eigenvalue weighted by molar-refractivity contribution is 5.81. The smallest absolute Gasteiger partial charge is 0.408 e. The van der Waals surface area contributed by atoms with Gasteiger partial charge < -0.3 is 20.5 Å². The van der Waals surface area contributed by atoms with Gasteiger partial charge in [-0.3, -0.25) is 0 Å². The number of aryl methyl sites for hydroxylation is 1. The summed E-state index contributed by atoms with van der Waals surface area (Å²) in [7, 11) is 0. The van der Waals surface area contributed by atoms with Gasteiger partial charge in [-0.1, -0.05) is 12.1 Å². The minimum atomic E-state index is -0.827. The minimum Gasteiger partial charge on any atom is -0.464 e. The first-order valence-electron chi connectivity index (χ1n) is 7.63. The van der Waals surface area contributed by atoms with Crippen LogP contribution in [0.3, 0.4) is 0 Å². The molecule has 1 aromatic rings. The van der Waals surface area contributed by atoms with Crippen molar-refractivity contribution in [2.24, 2.45) is 0 Å². The molecule has 1 rings (SSSR count). The van der Waals surface area contributed by atoms with Crippen molar-refractivity contribution in [1.29, 1.82) is 0 Å². The van der Waals surface area contributed by atoms with Gasteiger partial charge in [0.15, 0.2) is 0 Å². The number of ether oxygens (including phenoxy) is 2. The van der Waals surface area contributed by atoms with Crippen molar-refractivity contribution in [3.8, 4) is 0 Å². The lowest BCUT2D eigenvalue weighted by atomic mass is 10.0. The van der Waals surface area contributed by atoms with E-state index in [0.29, 0.717) is 5.69 Å². The molecule has 0 aliphatic heterocycles. The Morgan fingerprint density at radius 3 is 2.48 bits per heavy atom. The first-order valence-corrected chi connectivity index (χ1v) is 7.63. The van der Waals surface area contributed by atoms with Crippen LogP contribution in [0.15, 0.2) is 18.2 Å². The van der Waals surface area contributed by atoms with E-state index >= 15 is 0 Å². The molecule has 0 spiro atoms. The lowest BCUT2D eigenvalue weighted by Crippen LogP contribution is -2.45.